The molecule has 2 aliphatic heterocycles. The van der Waals surface area contributed by atoms with Crippen molar-refractivity contribution < 1.29 is 9.53 Å². The van der Waals surface area contributed by atoms with Crippen molar-refractivity contribution >= 4 is 23.8 Å². The number of rotatable bonds is 4. The molecule has 4 rings (SSSR count). The third-order valence-corrected chi connectivity index (χ3v) is 5.82. The Hall–Kier alpha value is -2.72. The van der Waals surface area contributed by atoms with Gasteiger partial charge in [0.25, 0.3) is 0 Å². The SMILES string of the molecule is CC(C)NC1C=C(c2ccnc(N)n2)C=NN1C.O=C(NC1CCCCC1)N1CCOCC1. The van der Waals surface area contributed by atoms with Gasteiger partial charge in [-0.15, -0.1) is 0 Å². The van der Waals surface area contributed by atoms with Gasteiger partial charge in [-0.2, -0.15) is 5.10 Å². The summed E-state index contributed by atoms with van der Waals surface area (Å²) in [7, 11) is 1.93. The average Bonchev–Trinajstić information content (AvgIpc) is 2.82. The van der Waals surface area contributed by atoms with Crippen LogP contribution in [0.5, 0.6) is 0 Å². The second-order valence-electron chi connectivity index (χ2n) is 8.89. The molecule has 0 spiro atoms. The van der Waals surface area contributed by atoms with Gasteiger partial charge >= 0.3 is 6.03 Å². The number of urea groups is 1. The first-order valence-corrected chi connectivity index (χ1v) is 11.9. The Labute approximate surface area is 196 Å². The first-order valence-electron chi connectivity index (χ1n) is 11.9. The standard InChI is InChI=1S/C12H18N6.C11H20N2O2/c1-8(2)16-11-6-9(7-15-18(11)3)10-4-5-14-12(13)17-10;14-11(13-6-8-15-9-7-13)12-10-4-2-1-3-5-10/h4-8,11,16H,1-3H3,(H2,13,14,17);10H,1-9H2,(H,12,14). The van der Waals surface area contributed by atoms with Crippen LogP contribution in [0.15, 0.2) is 23.4 Å². The number of hydrogen-bond donors (Lipinski definition) is 3. The number of aromatic nitrogens is 2. The summed E-state index contributed by atoms with van der Waals surface area (Å²) < 4.78 is 5.22. The number of nitrogens with zero attached hydrogens (tertiary/aromatic N) is 5. The minimum Gasteiger partial charge on any atom is -0.378 e. The lowest BCUT2D eigenvalue weighted by atomic mass is 9.96. The molecule has 0 bridgehead atoms. The lowest BCUT2D eigenvalue weighted by molar-refractivity contribution is 0.0521. The molecular formula is C23H38N8O2. The van der Waals surface area contributed by atoms with Crippen LogP contribution in [0.4, 0.5) is 10.7 Å². The first-order chi connectivity index (χ1) is 15.9. The van der Waals surface area contributed by atoms with Gasteiger partial charge in [0.15, 0.2) is 0 Å². The molecule has 1 aromatic heterocycles. The number of ether oxygens (including phenoxy) is 1. The quantitative estimate of drug-likeness (QED) is 0.631. The van der Waals surface area contributed by atoms with Crippen LogP contribution in [0.3, 0.4) is 0 Å². The Morgan fingerprint density at radius 2 is 1.94 bits per heavy atom. The summed E-state index contributed by atoms with van der Waals surface area (Å²) in [6.07, 6.45) is 11.7. The zero-order valence-corrected chi connectivity index (χ0v) is 20.0. The number of amides is 2. The first kappa shape index (κ1) is 24.9. The van der Waals surface area contributed by atoms with Crippen LogP contribution in [0.1, 0.15) is 51.6 Å². The summed E-state index contributed by atoms with van der Waals surface area (Å²) in [6, 6.07) is 2.71. The van der Waals surface area contributed by atoms with Crippen molar-refractivity contribution in [2.24, 2.45) is 5.10 Å². The third-order valence-electron chi connectivity index (χ3n) is 5.82. The fraction of sp³-hybridized carbons (Fsp3) is 0.652. The zero-order chi connectivity index (χ0) is 23.6. The van der Waals surface area contributed by atoms with Gasteiger partial charge < -0.3 is 20.7 Å². The Morgan fingerprint density at radius 3 is 2.61 bits per heavy atom. The number of carbonyl (C=O) groups is 1. The summed E-state index contributed by atoms with van der Waals surface area (Å²) in [4.78, 5) is 21.8. The molecule has 2 fully saturated rings. The summed E-state index contributed by atoms with van der Waals surface area (Å²) >= 11 is 0. The van der Waals surface area contributed by atoms with Gasteiger partial charge in [-0.3, -0.25) is 10.3 Å². The molecule has 1 saturated heterocycles. The van der Waals surface area contributed by atoms with Crippen molar-refractivity contribution in [1.82, 2.24) is 30.5 Å². The van der Waals surface area contributed by atoms with Gasteiger partial charge in [0.2, 0.25) is 5.95 Å². The van der Waals surface area contributed by atoms with Crippen LogP contribution < -0.4 is 16.4 Å². The van der Waals surface area contributed by atoms with E-state index in [9.17, 15) is 4.79 Å². The average molecular weight is 459 g/mol. The Balaban J connectivity index is 0.000000189. The van der Waals surface area contributed by atoms with E-state index in [4.69, 9.17) is 10.5 Å². The maximum atomic E-state index is 11.8. The van der Waals surface area contributed by atoms with Gasteiger partial charge in [0.1, 0.15) is 6.17 Å². The number of morpholine rings is 1. The molecule has 0 aromatic carbocycles. The summed E-state index contributed by atoms with van der Waals surface area (Å²) in [5, 5.41) is 12.7. The van der Waals surface area contributed by atoms with Crippen LogP contribution in [-0.2, 0) is 4.74 Å². The Morgan fingerprint density at radius 1 is 1.21 bits per heavy atom. The maximum absolute atomic E-state index is 11.8. The molecule has 10 nitrogen and oxygen atoms in total. The molecule has 1 aromatic rings. The molecule has 1 aliphatic carbocycles. The largest absolute Gasteiger partial charge is 0.378 e. The smallest absolute Gasteiger partial charge is 0.317 e. The molecule has 33 heavy (non-hydrogen) atoms. The molecule has 3 heterocycles. The second kappa shape index (κ2) is 12.5. The Bertz CT molecular complexity index is 816. The summed E-state index contributed by atoms with van der Waals surface area (Å²) in [5.41, 5.74) is 7.32. The number of nitrogens with one attached hydrogen (secondary N) is 2. The highest BCUT2D eigenvalue weighted by Crippen LogP contribution is 2.18. The van der Waals surface area contributed by atoms with E-state index in [0.717, 1.165) is 37.2 Å². The fourth-order valence-electron chi connectivity index (χ4n) is 4.01. The number of hydrazone groups is 1. The van der Waals surface area contributed by atoms with Crippen molar-refractivity contribution in [3.63, 3.8) is 0 Å². The minimum atomic E-state index is 0.0567. The van der Waals surface area contributed by atoms with E-state index in [1.54, 1.807) is 12.4 Å². The van der Waals surface area contributed by atoms with E-state index in [1.807, 2.05) is 23.0 Å². The summed E-state index contributed by atoms with van der Waals surface area (Å²) in [6.45, 7) is 7.03. The number of nitrogens with two attached hydrogens (primary N) is 1. The minimum absolute atomic E-state index is 0.0567. The summed E-state index contributed by atoms with van der Waals surface area (Å²) in [5.74, 6) is 0.272. The molecule has 2 amide bonds. The predicted molar refractivity (Wildman–Crippen MR) is 131 cm³/mol. The third kappa shape index (κ3) is 7.97. The highest BCUT2D eigenvalue weighted by molar-refractivity contribution is 6.09. The van der Waals surface area contributed by atoms with Crippen LogP contribution in [-0.4, -0.2) is 83.7 Å². The van der Waals surface area contributed by atoms with Gasteiger partial charge in [-0.05, 0) is 38.8 Å². The molecule has 10 heteroatoms. The number of allylic oxidation sites excluding steroid dienone is 1. The highest BCUT2D eigenvalue weighted by atomic mass is 16.5. The molecule has 0 radical (unpaired) electrons. The molecule has 3 aliphatic rings. The van der Waals surface area contributed by atoms with Crippen molar-refractivity contribution in [2.45, 2.75) is 64.2 Å². The van der Waals surface area contributed by atoms with Gasteiger partial charge in [-0.25, -0.2) is 14.8 Å². The fourth-order valence-corrected chi connectivity index (χ4v) is 4.01. The van der Waals surface area contributed by atoms with Crippen molar-refractivity contribution in [1.29, 1.82) is 0 Å². The monoisotopic (exact) mass is 458 g/mol. The van der Waals surface area contributed by atoms with Crippen molar-refractivity contribution in [3.05, 3.63) is 24.0 Å². The molecule has 1 unspecified atom stereocenters. The highest BCUT2D eigenvalue weighted by Gasteiger charge is 2.21. The van der Waals surface area contributed by atoms with E-state index in [0.29, 0.717) is 25.3 Å². The van der Waals surface area contributed by atoms with Crippen LogP contribution in [0, 0.1) is 0 Å². The zero-order valence-electron chi connectivity index (χ0n) is 20.0. The number of hydrogen-bond acceptors (Lipinski definition) is 8. The van der Waals surface area contributed by atoms with Gasteiger partial charge in [0.05, 0.1) is 25.1 Å². The van der Waals surface area contributed by atoms with E-state index in [-0.39, 0.29) is 18.1 Å². The van der Waals surface area contributed by atoms with Gasteiger partial charge in [-0.1, -0.05) is 19.3 Å². The molecular weight excluding hydrogens is 420 g/mol. The lowest BCUT2D eigenvalue weighted by Gasteiger charge is -2.30. The molecule has 182 valence electrons. The Kier molecular flexibility index (Phi) is 9.44. The molecule has 1 saturated carbocycles. The van der Waals surface area contributed by atoms with Crippen molar-refractivity contribution in [2.75, 3.05) is 39.1 Å². The number of nitrogen functional groups attached to an aromatic ring is 1. The normalized spacial score (nSPS) is 21.3. The maximum Gasteiger partial charge on any atom is 0.317 e. The van der Waals surface area contributed by atoms with E-state index >= 15 is 0 Å². The molecule has 4 N–H and O–H groups in total. The van der Waals surface area contributed by atoms with E-state index in [1.165, 1.54) is 19.3 Å². The topological polar surface area (TPSA) is 121 Å². The second-order valence-corrected chi connectivity index (χ2v) is 8.89. The van der Waals surface area contributed by atoms with E-state index < -0.39 is 0 Å². The lowest BCUT2D eigenvalue weighted by Crippen LogP contribution is -2.49. The van der Waals surface area contributed by atoms with Crippen LogP contribution in [0.2, 0.25) is 0 Å². The van der Waals surface area contributed by atoms with Gasteiger partial charge in [0, 0.05) is 44.0 Å². The van der Waals surface area contributed by atoms with Crippen LogP contribution >= 0.6 is 0 Å². The van der Waals surface area contributed by atoms with Crippen molar-refractivity contribution in [3.8, 4) is 0 Å². The molecule has 1 atom stereocenters. The number of likely N-dealkylation sites (N-methyl/N-ethyl adjacent to an activating group) is 1. The number of carbonyl (C=O) groups excluding carboxylic acids is 1. The van der Waals surface area contributed by atoms with E-state index in [2.05, 4.69) is 45.6 Å². The van der Waals surface area contributed by atoms with Crippen LogP contribution in [0.25, 0.3) is 5.57 Å². The predicted octanol–water partition coefficient (Wildman–Crippen LogP) is 2.06. The number of anilines is 1.